The minimum atomic E-state index is 0.166. The van der Waals surface area contributed by atoms with Gasteiger partial charge in [0.1, 0.15) is 0 Å². The number of hydrogen-bond donors (Lipinski definition) is 0. The van der Waals surface area contributed by atoms with E-state index >= 15 is 0 Å². The van der Waals surface area contributed by atoms with Gasteiger partial charge in [0.2, 0.25) is 0 Å². The highest BCUT2D eigenvalue weighted by atomic mass is 32.2. The van der Waals surface area contributed by atoms with Gasteiger partial charge in [-0.15, -0.1) is 0 Å². The van der Waals surface area contributed by atoms with Crippen LogP contribution in [0.3, 0.4) is 0 Å². The summed E-state index contributed by atoms with van der Waals surface area (Å²) in [5, 5.41) is 0. The molecule has 0 aliphatic carbocycles. The van der Waals surface area contributed by atoms with E-state index in [1.54, 1.807) is 0 Å². The lowest BCUT2D eigenvalue weighted by molar-refractivity contribution is -0.115. The van der Waals surface area contributed by atoms with Crippen LogP contribution in [0.2, 0.25) is 0 Å². The number of ketones is 2. The highest BCUT2D eigenvalue weighted by Gasteiger charge is 1.97. The first-order valence-electron chi connectivity index (χ1n) is 8.09. The predicted molar refractivity (Wildman–Crippen MR) is 93.9 cm³/mol. The van der Waals surface area contributed by atoms with Crippen molar-refractivity contribution in [1.82, 2.24) is 0 Å². The number of unbranched alkanes of at least 4 members (excludes halogenated alkanes) is 6. The van der Waals surface area contributed by atoms with Crippen molar-refractivity contribution in [3.8, 4) is 0 Å². The molecule has 0 aliphatic rings. The summed E-state index contributed by atoms with van der Waals surface area (Å²) in [6.07, 6.45) is 13.4. The SMILES string of the molecule is C=CC(=O)CCCCCCSCCCCCCC(=O)C=C. The van der Waals surface area contributed by atoms with Crippen LogP contribution in [0.5, 0.6) is 0 Å². The Hall–Kier alpha value is -0.830. The van der Waals surface area contributed by atoms with Gasteiger partial charge in [0, 0.05) is 12.8 Å². The molecule has 0 rings (SSSR count). The van der Waals surface area contributed by atoms with Crippen LogP contribution in [0.15, 0.2) is 25.3 Å². The standard InChI is InChI=1S/C18H30O2S/c1-3-17(19)13-9-5-7-11-15-21-16-12-8-6-10-14-18(20)4-2/h3-4H,1-2,5-16H2. The summed E-state index contributed by atoms with van der Waals surface area (Å²) >= 11 is 2.02. The highest BCUT2D eigenvalue weighted by molar-refractivity contribution is 7.99. The molecule has 0 heterocycles. The number of carbonyl (C=O) groups is 2. The molecule has 0 aliphatic heterocycles. The number of carbonyl (C=O) groups excluding carboxylic acids is 2. The lowest BCUT2D eigenvalue weighted by atomic mass is 10.1. The third-order valence-corrected chi connectivity index (χ3v) is 4.53. The second-order valence-electron chi connectivity index (χ2n) is 5.28. The van der Waals surface area contributed by atoms with Gasteiger partial charge in [-0.25, -0.2) is 0 Å². The molecule has 0 N–H and O–H groups in total. The molecule has 0 aromatic heterocycles. The van der Waals surface area contributed by atoms with Crippen molar-refractivity contribution in [3.63, 3.8) is 0 Å². The Morgan fingerprint density at radius 2 is 1.05 bits per heavy atom. The molecule has 0 aromatic carbocycles. The van der Waals surface area contributed by atoms with Gasteiger partial charge in [-0.05, 0) is 49.3 Å². The van der Waals surface area contributed by atoms with E-state index in [0.717, 1.165) is 25.7 Å². The molecule has 0 saturated heterocycles. The van der Waals surface area contributed by atoms with E-state index in [1.807, 2.05) is 11.8 Å². The molecule has 0 radical (unpaired) electrons. The maximum Gasteiger partial charge on any atom is 0.155 e. The van der Waals surface area contributed by atoms with Gasteiger partial charge in [-0.1, -0.05) is 38.8 Å². The minimum Gasteiger partial charge on any atom is -0.295 e. The molecular formula is C18H30O2S. The van der Waals surface area contributed by atoms with Crippen LogP contribution in [-0.2, 0) is 9.59 Å². The average Bonchev–Trinajstić information content (AvgIpc) is 2.51. The van der Waals surface area contributed by atoms with Crippen LogP contribution in [0.1, 0.15) is 64.2 Å². The van der Waals surface area contributed by atoms with Crippen molar-refractivity contribution < 1.29 is 9.59 Å². The normalized spacial score (nSPS) is 10.3. The average molecular weight is 311 g/mol. The predicted octanol–water partition coefficient (Wildman–Crippen LogP) is 5.13. The van der Waals surface area contributed by atoms with Crippen molar-refractivity contribution in [1.29, 1.82) is 0 Å². The zero-order valence-electron chi connectivity index (χ0n) is 13.3. The monoisotopic (exact) mass is 310 g/mol. The Bertz CT molecular complexity index is 280. The van der Waals surface area contributed by atoms with Crippen LogP contribution < -0.4 is 0 Å². The Labute approximate surface area is 134 Å². The molecule has 0 fully saturated rings. The lowest BCUT2D eigenvalue weighted by Gasteiger charge is -2.02. The number of rotatable bonds is 16. The summed E-state index contributed by atoms with van der Waals surface area (Å²) in [6, 6.07) is 0. The topological polar surface area (TPSA) is 34.1 Å². The fraction of sp³-hybridized carbons (Fsp3) is 0.667. The van der Waals surface area contributed by atoms with Crippen LogP contribution in [0.25, 0.3) is 0 Å². The first kappa shape index (κ1) is 20.2. The maximum absolute atomic E-state index is 11.0. The summed E-state index contributed by atoms with van der Waals surface area (Å²) in [6.45, 7) is 6.95. The van der Waals surface area contributed by atoms with Crippen LogP contribution in [0.4, 0.5) is 0 Å². The third-order valence-electron chi connectivity index (χ3n) is 3.38. The smallest absolute Gasteiger partial charge is 0.155 e. The van der Waals surface area contributed by atoms with E-state index in [9.17, 15) is 9.59 Å². The van der Waals surface area contributed by atoms with Gasteiger partial charge in [0.15, 0.2) is 11.6 Å². The third kappa shape index (κ3) is 15.4. The summed E-state index contributed by atoms with van der Waals surface area (Å²) in [7, 11) is 0. The van der Waals surface area contributed by atoms with Crippen LogP contribution in [-0.4, -0.2) is 23.1 Å². The van der Waals surface area contributed by atoms with Crippen LogP contribution >= 0.6 is 11.8 Å². The number of thioether (sulfide) groups is 1. The molecule has 3 heteroatoms. The Morgan fingerprint density at radius 1 is 0.667 bits per heavy atom. The molecule has 0 unspecified atom stereocenters. The van der Waals surface area contributed by atoms with Gasteiger partial charge < -0.3 is 0 Å². The largest absolute Gasteiger partial charge is 0.295 e. The molecule has 0 amide bonds. The molecule has 0 atom stereocenters. The molecular weight excluding hydrogens is 280 g/mol. The van der Waals surface area contributed by atoms with Crippen LogP contribution in [0, 0.1) is 0 Å². The summed E-state index contributed by atoms with van der Waals surface area (Å²) in [4.78, 5) is 22.0. The molecule has 0 aromatic rings. The Balaban J connectivity index is 3.09. The van der Waals surface area contributed by atoms with Crippen molar-refractivity contribution in [2.45, 2.75) is 64.2 Å². The molecule has 0 bridgehead atoms. The zero-order valence-corrected chi connectivity index (χ0v) is 14.1. The Kier molecular flexibility index (Phi) is 14.9. The number of allylic oxidation sites excluding steroid dienone is 2. The second-order valence-corrected chi connectivity index (χ2v) is 6.51. The lowest BCUT2D eigenvalue weighted by Crippen LogP contribution is -1.92. The van der Waals surface area contributed by atoms with Crippen molar-refractivity contribution in [2.24, 2.45) is 0 Å². The van der Waals surface area contributed by atoms with E-state index in [-0.39, 0.29) is 11.6 Å². The fourth-order valence-corrected chi connectivity index (χ4v) is 3.04. The van der Waals surface area contributed by atoms with E-state index in [4.69, 9.17) is 0 Å². The summed E-state index contributed by atoms with van der Waals surface area (Å²) in [5.74, 6) is 2.78. The van der Waals surface area contributed by atoms with E-state index in [0.29, 0.717) is 12.8 Å². The number of hydrogen-bond acceptors (Lipinski definition) is 3. The first-order chi connectivity index (χ1) is 10.2. The minimum absolute atomic E-state index is 0.166. The van der Waals surface area contributed by atoms with Gasteiger partial charge >= 0.3 is 0 Å². The van der Waals surface area contributed by atoms with E-state index in [1.165, 1.54) is 49.3 Å². The molecule has 2 nitrogen and oxygen atoms in total. The Morgan fingerprint density at radius 3 is 1.43 bits per heavy atom. The van der Waals surface area contributed by atoms with E-state index in [2.05, 4.69) is 13.2 Å². The van der Waals surface area contributed by atoms with Crippen molar-refractivity contribution in [2.75, 3.05) is 11.5 Å². The van der Waals surface area contributed by atoms with E-state index < -0.39 is 0 Å². The van der Waals surface area contributed by atoms with Gasteiger partial charge in [0.05, 0.1) is 0 Å². The van der Waals surface area contributed by atoms with Gasteiger partial charge in [0.25, 0.3) is 0 Å². The van der Waals surface area contributed by atoms with Gasteiger partial charge in [-0.3, -0.25) is 9.59 Å². The van der Waals surface area contributed by atoms with Gasteiger partial charge in [-0.2, -0.15) is 11.8 Å². The molecule has 0 saturated carbocycles. The molecule has 0 spiro atoms. The zero-order chi connectivity index (χ0) is 15.8. The first-order valence-corrected chi connectivity index (χ1v) is 9.24. The summed E-state index contributed by atoms with van der Waals surface area (Å²) < 4.78 is 0. The molecule has 21 heavy (non-hydrogen) atoms. The van der Waals surface area contributed by atoms with Crippen molar-refractivity contribution >= 4 is 23.3 Å². The summed E-state index contributed by atoms with van der Waals surface area (Å²) in [5.41, 5.74) is 0. The quantitative estimate of drug-likeness (QED) is 0.293. The maximum atomic E-state index is 11.0. The molecule has 120 valence electrons. The highest BCUT2D eigenvalue weighted by Crippen LogP contribution is 2.12. The fourth-order valence-electron chi connectivity index (χ4n) is 2.02. The van der Waals surface area contributed by atoms with Crippen molar-refractivity contribution in [3.05, 3.63) is 25.3 Å². The second kappa shape index (κ2) is 15.6.